The SMILES string of the molecule is Cc1ccc(S(=O)(=O)Cc2nc3ccc(N)cc3o2)cc1. The molecule has 3 rings (SSSR count). The number of anilines is 1. The van der Waals surface area contributed by atoms with Crippen molar-refractivity contribution < 1.29 is 12.8 Å². The van der Waals surface area contributed by atoms with Gasteiger partial charge >= 0.3 is 0 Å². The number of hydrogen-bond acceptors (Lipinski definition) is 5. The van der Waals surface area contributed by atoms with Crippen LogP contribution in [0.15, 0.2) is 51.8 Å². The predicted molar refractivity (Wildman–Crippen MR) is 80.5 cm³/mol. The Morgan fingerprint density at radius 3 is 2.57 bits per heavy atom. The van der Waals surface area contributed by atoms with Crippen LogP contribution < -0.4 is 5.73 Å². The Balaban J connectivity index is 1.95. The van der Waals surface area contributed by atoms with Gasteiger partial charge in [0.25, 0.3) is 0 Å². The fourth-order valence-corrected chi connectivity index (χ4v) is 3.21. The summed E-state index contributed by atoms with van der Waals surface area (Å²) in [5, 5.41) is 0. The number of hydrogen-bond donors (Lipinski definition) is 1. The molecule has 5 nitrogen and oxygen atoms in total. The van der Waals surface area contributed by atoms with E-state index in [2.05, 4.69) is 4.98 Å². The number of aromatic nitrogens is 1. The minimum absolute atomic E-state index is 0.163. The zero-order valence-electron chi connectivity index (χ0n) is 11.4. The van der Waals surface area contributed by atoms with Crippen LogP contribution in [0.5, 0.6) is 0 Å². The van der Waals surface area contributed by atoms with Crippen molar-refractivity contribution in [2.24, 2.45) is 0 Å². The van der Waals surface area contributed by atoms with Crippen molar-refractivity contribution >= 4 is 26.6 Å². The van der Waals surface area contributed by atoms with E-state index >= 15 is 0 Å². The van der Waals surface area contributed by atoms with E-state index in [0.717, 1.165) is 5.56 Å². The summed E-state index contributed by atoms with van der Waals surface area (Å²) in [5.74, 6) is -0.110. The lowest BCUT2D eigenvalue weighted by Crippen LogP contribution is -2.05. The average Bonchev–Trinajstić information content (AvgIpc) is 2.79. The summed E-state index contributed by atoms with van der Waals surface area (Å²) in [6.07, 6.45) is 0. The molecule has 0 saturated heterocycles. The molecule has 0 fully saturated rings. The molecule has 108 valence electrons. The van der Waals surface area contributed by atoms with Gasteiger partial charge < -0.3 is 10.2 Å². The zero-order valence-corrected chi connectivity index (χ0v) is 12.2. The second kappa shape index (κ2) is 4.89. The molecule has 0 saturated carbocycles. The highest BCUT2D eigenvalue weighted by atomic mass is 32.2. The fourth-order valence-electron chi connectivity index (χ4n) is 2.04. The van der Waals surface area contributed by atoms with Gasteiger partial charge in [-0.1, -0.05) is 17.7 Å². The molecule has 0 radical (unpaired) electrons. The smallest absolute Gasteiger partial charge is 0.211 e. The first-order valence-corrected chi connectivity index (χ1v) is 8.04. The Morgan fingerprint density at radius 1 is 1.14 bits per heavy atom. The Kier molecular flexibility index (Phi) is 3.17. The maximum Gasteiger partial charge on any atom is 0.211 e. The Labute approximate surface area is 122 Å². The van der Waals surface area contributed by atoms with E-state index < -0.39 is 9.84 Å². The third-order valence-corrected chi connectivity index (χ3v) is 4.77. The third-order valence-electron chi connectivity index (χ3n) is 3.15. The number of sulfone groups is 1. The lowest BCUT2D eigenvalue weighted by molar-refractivity contribution is 0.540. The summed E-state index contributed by atoms with van der Waals surface area (Å²) >= 11 is 0. The number of aryl methyl sites for hydroxylation is 1. The van der Waals surface area contributed by atoms with Crippen molar-refractivity contribution in [3.8, 4) is 0 Å². The van der Waals surface area contributed by atoms with Gasteiger partial charge in [0.15, 0.2) is 15.4 Å². The maximum atomic E-state index is 12.3. The van der Waals surface area contributed by atoms with Crippen LogP contribution in [-0.2, 0) is 15.6 Å². The van der Waals surface area contributed by atoms with E-state index in [0.29, 0.717) is 16.8 Å². The Hall–Kier alpha value is -2.34. The molecule has 0 aliphatic heterocycles. The second-order valence-electron chi connectivity index (χ2n) is 4.91. The van der Waals surface area contributed by atoms with Crippen LogP contribution in [-0.4, -0.2) is 13.4 Å². The minimum atomic E-state index is -3.48. The van der Waals surface area contributed by atoms with E-state index in [1.807, 2.05) is 6.92 Å². The normalized spacial score (nSPS) is 11.9. The second-order valence-corrected chi connectivity index (χ2v) is 6.90. The number of rotatable bonds is 3. The van der Waals surface area contributed by atoms with Crippen molar-refractivity contribution in [1.29, 1.82) is 0 Å². The molecular formula is C15H14N2O3S. The van der Waals surface area contributed by atoms with Crippen LogP contribution in [0.1, 0.15) is 11.5 Å². The first kappa shape index (κ1) is 13.6. The highest BCUT2D eigenvalue weighted by Gasteiger charge is 2.19. The van der Waals surface area contributed by atoms with Crippen LogP contribution in [0.2, 0.25) is 0 Å². The van der Waals surface area contributed by atoms with E-state index in [4.69, 9.17) is 10.2 Å². The summed E-state index contributed by atoms with van der Waals surface area (Å²) in [4.78, 5) is 4.44. The fraction of sp³-hybridized carbons (Fsp3) is 0.133. The van der Waals surface area contributed by atoms with Crippen LogP contribution >= 0.6 is 0 Å². The molecule has 0 amide bonds. The van der Waals surface area contributed by atoms with Gasteiger partial charge in [0.05, 0.1) is 4.90 Å². The monoisotopic (exact) mass is 302 g/mol. The van der Waals surface area contributed by atoms with E-state index in [-0.39, 0.29) is 16.5 Å². The number of fused-ring (bicyclic) bond motifs is 1. The highest BCUT2D eigenvalue weighted by Crippen LogP contribution is 2.22. The van der Waals surface area contributed by atoms with Gasteiger partial charge in [-0.15, -0.1) is 0 Å². The van der Waals surface area contributed by atoms with Crippen molar-refractivity contribution in [2.45, 2.75) is 17.6 Å². The van der Waals surface area contributed by atoms with Gasteiger partial charge in [0.1, 0.15) is 11.3 Å². The van der Waals surface area contributed by atoms with E-state index in [1.165, 1.54) is 0 Å². The summed E-state index contributed by atoms with van der Waals surface area (Å²) in [7, 11) is -3.48. The molecule has 21 heavy (non-hydrogen) atoms. The first-order valence-electron chi connectivity index (χ1n) is 6.38. The third kappa shape index (κ3) is 2.75. The Bertz CT molecular complexity index is 896. The summed E-state index contributed by atoms with van der Waals surface area (Å²) < 4.78 is 30.1. The molecule has 3 aromatic rings. The maximum absolute atomic E-state index is 12.3. The molecule has 0 unspecified atom stereocenters. The summed E-state index contributed by atoms with van der Waals surface area (Å²) in [5.41, 5.74) is 8.30. The number of benzene rings is 2. The standard InChI is InChI=1S/C15H14N2O3S/c1-10-2-5-12(6-3-10)21(18,19)9-15-17-13-7-4-11(16)8-14(13)20-15/h2-8H,9,16H2,1H3. The average molecular weight is 302 g/mol. The molecule has 0 spiro atoms. The largest absolute Gasteiger partial charge is 0.439 e. The molecule has 1 heterocycles. The molecule has 1 aromatic heterocycles. The van der Waals surface area contributed by atoms with Crippen LogP contribution in [0.4, 0.5) is 5.69 Å². The van der Waals surface area contributed by atoms with Crippen LogP contribution in [0.3, 0.4) is 0 Å². The topological polar surface area (TPSA) is 86.2 Å². The van der Waals surface area contributed by atoms with Gasteiger partial charge in [0, 0.05) is 11.8 Å². The molecule has 2 N–H and O–H groups in total. The van der Waals surface area contributed by atoms with Crippen molar-refractivity contribution in [3.63, 3.8) is 0 Å². The zero-order chi connectivity index (χ0) is 15.0. The molecule has 0 aliphatic rings. The number of nitrogens with zero attached hydrogens (tertiary/aromatic N) is 1. The lowest BCUT2D eigenvalue weighted by atomic mass is 10.2. The molecule has 6 heteroatoms. The highest BCUT2D eigenvalue weighted by molar-refractivity contribution is 7.90. The van der Waals surface area contributed by atoms with Gasteiger partial charge in [0.2, 0.25) is 5.89 Å². The van der Waals surface area contributed by atoms with Crippen LogP contribution in [0.25, 0.3) is 11.1 Å². The predicted octanol–water partition coefficient (Wildman–Crippen LogP) is 2.69. The molecule has 0 atom stereocenters. The quantitative estimate of drug-likeness (QED) is 0.752. The van der Waals surface area contributed by atoms with E-state index in [9.17, 15) is 8.42 Å². The summed E-state index contributed by atoms with van der Waals surface area (Å²) in [6.45, 7) is 1.90. The molecule has 2 aromatic carbocycles. The Morgan fingerprint density at radius 2 is 1.86 bits per heavy atom. The van der Waals surface area contributed by atoms with Crippen LogP contribution in [0, 0.1) is 6.92 Å². The van der Waals surface area contributed by atoms with E-state index in [1.54, 1.807) is 42.5 Å². The van der Waals surface area contributed by atoms with Crippen molar-refractivity contribution in [1.82, 2.24) is 4.98 Å². The number of nitrogens with two attached hydrogens (primary N) is 1. The molecule has 0 bridgehead atoms. The minimum Gasteiger partial charge on any atom is -0.439 e. The lowest BCUT2D eigenvalue weighted by Gasteiger charge is -2.02. The molecule has 0 aliphatic carbocycles. The van der Waals surface area contributed by atoms with Gasteiger partial charge in [-0.05, 0) is 31.2 Å². The van der Waals surface area contributed by atoms with Gasteiger partial charge in [-0.3, -0.25) is 0 Å². The first-order chi connectivity index (χ1) is 9.94. The van der Waals surface area contributed by atoms with Crippen molar-refractivity contribution in [2.75, 3.05) is 5.73 Å². The van der Waals surface area contributed by atoms with Crippen molar-refractivity contribution in [3.05, 3.63) is 53.9 Å². The molecular weight excluding hydrogens is 288 g/mol. The number of nitrogen functional groups attached to an aromatic ring is 1. The van der Waals surface area contributed by atoms with Gasteiger partial charge in [-0.2, -0.15) is 0 Å². The van der Waals surface area contributed by atoms with Gasteiger partial charge in [-0.25, -0.2) is 13.4 Å². The number of oxazole rings is 1. The summed E-state index contributed by atoms with van der Waals surface area (Å²) in [6, 6.07) is 11.7.